The lowest BCUT2D eigenvalue weighted by atomic mass is 9.80. The Balaban J connectivity index is 0.000000488. The van der Waals surface area contributed by atoms with Gasteiger partial charge in [-0.15, -0.1) is 0 Å². The van der Waals surface area contributed by atoms with Gasteiger partial charge < -0.3 is 9.47 Å². The zero-order chi connectivity index (χ0) is 59.2. The second-order valence-electron chi connectivity index (χ2n) is 21.4. The summed E-state index contributed by atoms with van der Waals surface area (Å²) in [5.41, 5.74) is 19.7. The van der Waals surface area contributed by atoms with E-state index in [9.17, 15) is 0 Å². The molecule has 2 heterocycles. The number of allylic oxidation sites excluding steroid dienone is 18. The van der Waals surface area contributed by atoms with Gasteiger partial charge in [-0.25, -0.2) is 0 Å². The molecule has 7 aromatic rings. The first-order valence-electron chi connectivity index (χ1n) is 30.6. The highest BCUT2D eigenvalue weighted by atomic mass is 15.2. The average molecular weight is 1080 g/mol. The second-order valence-corrected chi connectivity index (χ2v) is 21.4. The van der Waals surface area contributed by atoms with E-state index in [1.807, 2.05) is 53.7 Å². The molecule has 3 unspecified atom stereocenters. The van der Waals surface area contributed by atoms with Crippen LogP contribution in [0.15, 0.2) is 261 Å². The van der Waals surface area contributed by atoms with Crippen molar-refractivity contribution in [1.29, 1.82) is 0 Å². The number of hydrogen-bond donors (Lipinski definition) is 0. The SMILES string of the molecule is C1=CCC(Cc2ccccc2)C=C1.C=C/C=C\CC(C)n1c2ccccc2c2cc(C(C)(C)/C=C(\C=C(/C)c3ccc(-c4ccccc4C)cc3)c3ccc4c(c3)N(C3=CCCC=C3)C(/C=C\C)=C(C=C)C4C)ccc21.CC.CC.CC. The normalized spacial score (nSPS) is 16.3. The maximum atomic E-state index is 4.30. The van der Waals surface area contributed by atoms with Crippen LogP contribution in [0.5, 0.6) is 0 Å². The predicted octanol–water partition coefficient (Wildman–Crippen LogP) is 23.5. The molecule has 2 nitrogen and oxygen atoms in total. The Bertz CT molecular complexity index is 3510. The van der Waals surface area contributed by atoms with E-state index in [-0.39, 0.29) is 11.3 Å². The summed E-state index contributed by atoms with van der Waals surface area (Å²) in [6.45, 7) is 36.1. The number of aryl methyl sites for hydroxylation is 1. The molecule has 0 radical (unpaired) electrons. The van der Waals surface area contributed by atoms with Gasteiger partial charge in [0.15, 0.2) is 0 Å². The summed E-state index contributed by atoms with van der Waals surface area (Å²) in [6, 6.07) is 51.8. The van der Waals surface area contributed by atoms with Crippen LogP contribution in [0.1, 0.15) is 154 Å². The van der Waals surface area contributed by atoms with Gasteiger partial charge in [0, 0.05) is 50.6 Å². The molecule has 1 aliphatic heterocycles. The molecule has 0 N–H and O–H groups in total. The molecule has 82 heavy (non-hydrogen) atoms. The van der Waals surface area contributed by atoms with Crippen LogP contribution < -0.4 is 4.90 Å². The van der Waals surface area contributed by atoms with Gasteiger partial charge in [0.05, 0.1) is 5.69 Å². The number of hydrogen-bond acceptors (Lipinski definition) is 1. The number of para-hydroxylation sites is 1. The molecular formula is C80H94N2. The van der Waals surface area contributed by atoms with Crippen molar-refractivity contribution < 1.29 is 0 Å². The quantitative estimate of drug-likeness (QED) is 0.0929. The number of fused-ring (bicyclic) bond motifs is 4. The third kappa shape index (κ3) is 15.1. The van der Waals surface area contributed by atoms with Gasteiger partial charge in [0.1, 0.15) is 0 Å². The summed E-state index contributed by atoms with van der Waals surface area (Å²) in [6.07, 6.45) is 38.7. The molecule has 2 aliphatic carbocycles. The van der Waals surface area contributed by atoms with Crippen molar-refractivity contribution in [3.63, 3.8) is 0 Å². The Morgan fingerprint density at radius 1 is 0.744 bits per heavy atom. The topological polar surface area (TPSA) is 8.17 Å². The summed E-state index contributed by atoms with van der Waals surface area (Å²) < 4.78 is 2.51. The van der Waals surface area contributed by atoms with E-state index >= 15 is 0 Å². The van der Waals surface area contributed by atoms with Crippen molar-refractivity contribution >= 4 is 38.6 Å². The van der Waals surface area contributed by atoms with E-state index in [1.54, 1.807) is 0 Å². The smallest absolute Gasteiger partial charge is 0.0505 e. The number of rotatable bonds is 15. The van der Waals surface area contributed by atoms with Crippen LogP contribution >= 0.6 is 0 Å². The van der Waals surface area contributed by atoms with E-state index in [4.69, 9.17) is 0 Å². The number of aromatic nitrogens is 1. The van der Waals surface area contributed by atoms with Crippen molar-refractivity contribution in [3.05, 3.63) is 294 Å². The summed E-state index contributed by atoms with van der Waals surface area (Å²) in [4.78, 5) is 2.47. The van der Waals surface area contributed by atoms with E-state index in [1.165, 1.54) is 113 Å². The standard InChI is InChI=1S/C61H62N2.C13H14.3C2H6/c1-10-13-15-24-44(6)62-58-29-21-20-28-55(58)56-40-50(35-37-59(56)62)61(8,9)41-49(38-43(5)46-30-32-47(33-31-46)53-27-19-18-23-42(53)4)48-34-36-54-45(7)52(12-3)57(22-11-2)63(60(54)39-48)51-25-16-14-17-26-51;1-3-7-12(8-4-1)11-13-9-5-2-6-10-13;3*1-2/h10-13,15-16,18-23,25-41,44-45H,1,3,14,17,24H2,2,4-9H3;1-9,13H,10-11H2;3*1-2H3/b15-13-,22-11-,43-38+,49-41+;;;;. The van der Waals surface area contributed by atoms with Gasteiger partial charge in [-0.3, -0.25) is 0 Å². The number of nitrogens with zero attached hydrogens (tertiary/aromatic N) is 2. The molecule has 0 saturated carbocycles. The van der Waals surface area contributed by atoms with Crippen LogP contribution in [0, 0.1) is 12.8 Å². The first-order chi connectivity index (χ1) is 40.0. The van der Waals surface area contributed by atoms with Crippen molar-refractivity contribution in [2.45, 2.75) is 139 Å². The molecule has 0 spiro atoms. The molecule has 0 fully saturated rings. The van der Waals surface area contributed by atoms with Gasteiger partial charge in [-0.1, -0.05) is 270 Å². The zero-order valence-electron chi connectivity index (χ0n) is 52.0. The number of anilines is 1. The molecule has 1 aromatic heterocycles. The predicted molar refractivity (Wildman–Crippen MR) is 366 cm³/mol. The summed E-state index contributed by atoms with van der Waals surface area (Å²) in [5, 5.41) is 2.58. The van der Waals surface area contributed by atoms with Gasteiger partial charge >= 0.3 is 0 Å². The Hall–Kier alpha value is -7.94. The molecule has 424 valence electrons. The summed E-state index contributed by atoms with van der Waals surface area (Å²) in [7, 11) is 0. The van der Waals surface area contributed by atoms with E-state index in [0.717, 1.165) is 19.3 Å². The fraction of sp³-hybridized carbons (Fsp3) is 0.275. The maximum Gasteiger partial charge on any atom is 0.0505 e. The summed E-state index contributed by atoms with van der Waals surface area (Å²) >= 11 is 0. The van der Waals surface area contributed by atoms with Crippen LogP contribution in [0.25, 0.3) is 44.1 Å². The third-order valence-electron chi connectivity index (χ3n) is 15.6. The van der Waals surface area contributed by atoms with Crippen LogP contribution in [0.4, 0.5) is 5.69 Å². The van der Waals surface area contributed by atoms with Crippen molar-refractivity contribution in [2.75, 3.05) is 4.90 Å². The molecule has 0 saturated heterocycles. The van der Waals surface area contributed by atoms with Crippen molar-refractivity contribution in [1.82, 2.24) is 4.57 Å². The molecule has 3 atom stereocenters. The van der Waals surface area contributed by atoms with E-state index in [0.29, 0.717) is 12.0 Å². The Morgan fingerprint density at radius 3 is 2.11 bits per heavy atom. The van der Waals surface area contributed by atoms with Gasteiger partial charge in [0.25, 0.3) is 0 Å². The number of benzene rings is 6. The zero-order valence-corrected chi connectivity index (χ0v) is 52.0. The van der Waals surface area contributed by atoms with Crippen LogP contribution in [-0.2, 0) is 11.8 Å². The second kappa shape index (κ2) is 31.3. The molecule has 3 aliphatic rings. The van der Waals surface area contributed by atoms with E-state index in [2.05, 4.69) is 290 Å². The highest BCUT2D eigenvalue weighted by Crippen LogP contribution is 2.47. The highest BCUT2D eigenvalue weighted by molar-refractivity contribution is 6.08. The monoisotopic (exact) mass is 1080 g/mol. The highest BCUT2D eigenvalue weighted by Gasteiger charge is 2.31. The minimum Gasteiger partial charge on any atom is -0.337 e. The first-order valence-corrected chi connectivity index (χ1v) is 30.6. The minimum absolute atomic E-state index is 0.199. The maximum absolute atomic E-state index is 4.30. The van der Waals surface area contributed by atoms with E-state index < -0.39 is 0 Å². The lowest BCUT2D eigenvalue weighted by Crippen LogP contribution is -2.28. The fourth-order valence-electron chi connectivity index (χ4n) is 11.4. The third-order valence-corrected chi connectivity index (χ3v) is 15.6. The van der Waals surface area contributed by atoms with Crippen LogP contribution in [0.3, 0.4) is 0 Å². The molecular weight excluding hydrogens is 989 g/mol. The van der Waals surface area contributed by atoms with Crippen molar-refractivity contribution in [3.8, 4) is 11.1 Å². The van der Waals surface area contributed by atoms with Gasteiger partial charge in [0.2, 0.25) is 0 Å². The average Bonchev–Trinajstić information content (AvgIpc) is 3.59. The Morgan fingerprint density at radius 2 is 1.44 bits per heavy atom. The molecule has 10 rings (SSSR count). The van der Waals surface area contributed by atoms with Crippen LogP contribution in [-0.4, -0.2) is 4.57 Å². The minimum atomic E-state index is -0.319. The molecule has 6 aromatic carbocycles. The lowest BCUT2D eigenvalue weighted by molar-refractivity contribution is 0.590. The Kier molecular flexibility index (Phi) is 24.2. The fourth-order valence-corrected chi connectivity index (χ4v) is 11.4. The molecule has 0 bridgehead atoms. The molecule has 2 heteroatoms. The van der Waals surface area contributed by atoms with Crippen molar-refractivity contribution in [2.24, 2.45) is 5.92 Å². The first kappa shape index (κ1) is 63.2. The Labute approximate surface area is 496 Å². The largest absolute Gasteiger partial charge is 0.337 e. The van der Waals surface area contributed by atoms with Gasteiger partial charge in [-0.2, -0.15) is 0 Å². The van der Waals surface area contributed by atoms with Gasteiger partial charge in [-0.05, 0) is 163 Å². The lowest BCUT2D eigenvalue weighted by Gasteiger charge is -2.38. The van der Waals surface area contributed by atoms with Crippen LogP contribution in [0.2, 0.25) is 0 Å². The molecule has 0 amide bonds. The summed E-state index contributed by atoms with van der Waals surface area (Å²) in [5.74, 6) is 0.900.